The summed E-state index contributed by atoms with van der Waals surface area (Å²) in [5.41, 5.74) is 0.737. The Kier molecular flexibility index (Phi) is 3.05. The number of hydrogen-bond acceptors (Lipinski definition) is 3. The fourth-order valence-electron chi connectivity index (χ4n) is 2.19. The van der Waals surface area contributed by atoms with E-state index in [4.69, 9.17) is 0 Å². The molecule has 0 saturated heterocycles. The van der Waals surface area contributed by atoms with Gasteiger partial charge in [0.2, 0.25) is 0 Å². The minimum absolute atomic E-state index is 0.119. The molecular weight excluding hydrogens is 210 g/mol. The summed E-state index contributed by atoms with van der Waals surface area (Å²) in [6.07, 6.45) is 5.52. The lowest BCUT2D eigenvalue weighted by Gasteiger charge is -2.19. The zero-order valence-corrected chi connectivity index (χ0v) is 9.65. The molecule has 82 valence electrons. The number of carbonyl (C=O) groups is 1. The molecule has 2 rings (SSSR count). The maximum absolute atomic E-state index is 12.1. The molecule has 0 aliphatic heterocycles. The second kappa shape index (κ2) is 4.31. The van der Waals surface area contributed by atoms with E-state index >= 15 is 0 Å². The average Bonchev–Trinajstić information content (AvgIpc) is 2.58. The van der Waals surface area contributed by atoms with Gasteiger partial charge < -0.3 is 4.98 Å². The lowest BCUT2D eigenvalue weighted by Crippen LogP contribution is -2.17. The number of aryl methyl sites for hydroxylation is 1. The normalized spacial score (nSPS) is 17.9. The van der Waals surface area contributed by atoms with Crippen molar-refractivity contribution in [2.45, 2.75) is 39.0 Å². The van der Waals surface area contributed by atoms with Crippen molar-refractivity contribution in [1.82, 2.24) is 4.98 Å². The molecule has 1 aromatic heterocycles. The van der Waals surface area contributed by atoms with E-state index in [9.17, 15) is 9.59 Å². The highest BCUT2D eigenvalue weighted by Gasteiger charge is 2.25. The molecule has 1 saturated carbocycles. The van der Waals surface area contributed by atoms with E-state index in [1.165, 1.54) is 6.42 Å². The Hall–Kier alpha value is -0.900. The molecule has 0 unspecified atom stereocenters. The van der Waals surface area contributed by atoms with Gasteiger partial charge in [0.25, 0.3) is 0 Å². The Morgan fingerprint density at radius 2 is 2.00 bits per heavy atom. The van der Waals surface area contributed by atoms with Crippen LogP contribution in [0, 0.1) is 12.8 Å². The zero-order chi connectivity index (χ0) is 10.8. The number of aromatic amines is 1. The van der Waals surface area contributed by atoms with Crippen LogP contribution >= 0.6 is 11.3 Å². The quantitative estimate of drug-likeness (QED) is 0.786. The number of aromatic nitrogens is 1. The number of thiazole rings is 1. The van der Waals surface area contributed by atoms with E-state index in [2.05, 4.69) is 4.98 Å². The van der Waals surface area contributed by atoms with Crippen molar-refractivity contribution in [3.05, 3.63) is 20.2 Å². The van der Waals surface area contributed by atoms with Crippen molar-refractivity contribution in [2.75, 3.05) is 0 Å². The van der Waals surface area contributed by atoms with Gasteiger partial charge in [0.15, 0.2) is 5.78 Å². The summed E-state index contributed by atoms with van der Waals surface area (Å²) in [7, 11) is 0. The van der Waals surface area contributed by atoms with Crippen molar-refractivity contribution in [1.29, 1.82) is 0 Å². The van der Waals surface area contributed by atoms with Crippen LogP contribution in [0.25, 0.3) is 0 Å². The van der Waals surface area contributed by atoms with Gasteiger partial charge in [0.05, 0.1) is 4.88 Å². The fourth-order valence-corrected chi connectivity index (χ4v) is 3.05. The lowest BCUT2D eigenvalue weighted by atomic mass is 9.85. The Bertz CT molecular complexity index is 412. The van der Waals surface area contributed by atoms with Crippen LogP contribution in [-0.2, 0) is 0 Å². The van der Waals surface area contributed by atoms with Gasteiger partial charge in [-0.2, -0.15) is 0 Å². The van der Waals surface area contributed by atoms with Crippen molar-refractivity contribution < 1.29 is 4.79 Å². The van der Waals surface area contributed by atoms with E-state index in [1.54, 1.807) is 6.92 Å². The van der Waals surface area contributed by atoms with Gasteiger partial charge in [-0.1, -0.05) is 30.6 Å². The highest BCUT2D eigenvalue weighted by atomic mass is 32.1. The second-order valence-corrected chi connectivity index (χ2v) is 5.15. The molecule has 4 heteroatoms. The van der Waals surface area contributed by atoms with Crippen molar-refractivity contribution in [3.63, 3.8) is 0 Å². The summed E-state index contributed by atoms with van der Waals surface area (Å²) in [4.78, 5) is 26.4. The molecule has 0 aromatic carbocycles. The molecule has 1 fully saturated rings. The van der Waals surface area contributed by atoms with Crippen LogP contribution < -0.4 is 4.87 Å². The number of hydrogen-bond donors (Lipinski definition) is 1. The Morgan fingerprint density at radius 3 is 2.53 bits per heavy atom. The van der Waals surface area contributed by atoms with Crippen LogP contribution in [-0.4, -0.2) is 10.8 Å². The predicted octanol–water partition coefficient (Wildman–Crippen LogP) is 2.51. The largest absolute Gasteiger partial charge is 0.316 e. The summed E-state index contributed by atoms with van der Waals surface area (Å²) in [6, 6.07) is 0. The molecule has 3 nitrogen and oxygen atoms in total. The molecule has 0 atom stereocenters. The number of nitrogens with one attached hydrogen (secondary N) is 1. The standard InChI is InChI=1S/C11H15NO2S/c1-7-10(15-11(14)12-7)9(13)8-5-3-2-4-6-8/h8H,2-6H2,1H3,(H,12,14). The van der Waals surface area contributed by atoms with Gasteiger partial charge >= 0.3 is 4.87 Å². The lowest BCUT2D eigenvalue weighted by molar-refractivity contribution is 0.0893. The first-order valence-electron chi connectivity index (χ1n) is 5.42. The van der Waals surface area contributed by atoms with Gasteiger partial charge in [-0.15, -0.1) is 0 Å². The van der Waals surface area contributed by atoms with E-state index in [1.807, 2.05) is 0 Å². The molecule has 1 aliphatic rings. The van der Waals surface area contributed by atoms with Crippen molar-refractivity contribution in [3.8, 4) is 0 Å². The predicted molar refractivity (Wildman–Crippen MR) is 60.6 cm³/mol. The number of carbonyl (C=O) groups excluding carboxylic acids is 1. The van der Waals surface area contributed by atoms with Crippen LogP contribution in [0.5, 0.6) is 0 Å². The van der Waals surface area contributed by atoms with Gasteiger partial charge in [-0.3, -0.25) is 9.59 Å². The summed E-state index contributed by atoms with van der Waals surface area (Å²) < 4.78 is 0. The third kappa shape index (κ3) is 2.20. The van der Waals surface area contributed by atoms with E-state index in [-0.39, 0.29) is 16.6 Å². The Labute approximate surface area is 92.5 Å². The van der Waals surface area contributed by atoms with Crippen LogP contribution in [0.2, 0.25) is 0 Å². The topological polar surface area (TPSA) is 49.9 Å². The Morgan fingerprint density at radius 1 is 1.33 bits per heavy atom. The van der Waals surface area contributed by atoms with Crippen LogP contribution in [0.1, 0.15) is 47.5 Å². The van der Waals surface area contributed by atoms with Crippen LogP contribution in [0.4, 0.5) is 0 Å². The Balaban J connectivity index is 2.19. The second-order valence-electron chi connectivity index (χ2n) is 4.17. The molecule has 15 heavy (non-hydrogen) atoms. The van der Waals surface area contributed by atoms with Crippen LogP contribution in [0.3, 0.4) is 0 Å². The molecule has 1 aromatic rings. The summed E-state index contributed by atoms with van der Waals surface area (Å²) in [5.74, 6) is 0.333. The number of Topliss-reactive ketones (excluding diaryl/α,β-unsaturated/α-hetero) is 1. The van der Waals surface area contributed by atoms with Crippen LogP contribution in [0.15, 0.2) is 4.79 Å². The first-order valence-corrected chi connectivity index (χ1v) is 6.24. The van der Waals surface area contributed by atoms with Crippen molar-refractivity contribution in [2.24, 2.45) is 5.92 Å². The fraction of sp³-hybridized carbons (Fsp3) is 0.636. The molecule has 0 bridgehead atoms. The molecule has 0 spiro atoms. The maximum Gasteiger partial charge on any atom is 0.305 e. The number of rotatable bonds is 2. The van der Waals surface area contributed by atoms with Gasteiger partial charge in [-0.05, 0) is 19.8 Å². The summed E-state index contributed by atoms with van der Waals surface area (Å²) >= 11 is 1.06. The summed E-state index contributed by atoms with van der Waals surface area (Å²) in [5, 5.41) is 0. The maximum atomic E-state index is 12.1. The SMILES string of the molecule is Cc1[nH]c(=O)sc1C(=O)C1CCCCC1. The number of ketones is 1. The summed E-state index contributed by atoms with van der Waals surface area (Å²) in [6.45, 7) is 1.80. The molecular formula is C11H15NO2S. The number of H-pyrrole nitrogens is 1. The average molecular weight is 225 g/mol. The minimum Gasteiger partial charge on any atom is -0.316 e. The van der Waals surface area contributed by atoms with Gasteiger partial charge in [-0.25, -0.2) is 0 Å². The first kappa shape index (κ1) is 10.6. The van der Waals surface area contributed by atoms with E-state index in [0.29, 0.717) is 4.88 Å². The molecule has 0 amide bonds. The van der Waals surface area contributed by atoms with Gasteiger partial charge in [0, 0.05) is 11.6 Å². The zero-order valence-electron chi connectivity index (χ0n) is 8.84. The smallest absolute Gasteiger partial charge is 0.305 e. The molecule has 1 aliphatic carbocycles. The monoisotopic (exact) mass is 225 g/mol. The highest BCUT2D eigenvalue weighted by Crippen LogP contribution is 2.28. The van der Waals surface area contributed by atoms with E-state index in [0.717, 1.165) is 42.7 Å². The third-order valence-electron chi connectivity index (χ3n) is 3.02. The molecule has 0 radical (unpaired) electrons. The van der Waals surface area contributed by atoms with Gasteiger partial charge in [0.1, 0.15) is 0 Å². The van der Waals surface area contributed by atoms with E-state index < -0.39 is 0 Å². The molecule has 1 heterocycles. The first-order chi connectivity index (χ1) is 7.18. The third-order valence-corrected chi connectivity index (χ3v) is 4.02. The van der Waals surface area contributed by atoms with Crippen molar-refractivity contribution >= 4 is 17.1 Å². The molecule has 1 N–H and O–H groups in total. The minimum atomic E-state index is -0.119. The highest BCUT2D eigenvalue weighted by molar-refractivity contribution is 7.11.